The molecule has 29 heavy (non-hydrogen) atoms. The number of hydrogen-bond acceptors (Lipinski definition) is 3. The molecule has 2 aromatic carbocycles. The number of nitrogens with zero attached hydrogens (tertiary/aromatic N) is 1. The van der Waals surface area contributed by atoms with Gasteiger partial charge in [0.2, 0.25) is 15.9 Å². The normalized spacial score (nSPS) is 12.5. The Morgan fingerprint density at radius 1 is 1.07 bits per heavy atom. The van der Waals surface area contributed by atoms with Crippen molar-refractivity contribution in [1.29, 1.82) is 0 Å². The second-order valence-corrected chi connectivity index (χ2v) is 9.40. The van der Waals surface area contributed by atoms with Crippen molar-refractivity contribution in [3.05, 3.63) is 64.5 Å². The van der Waals surface area contributed by atoms with E-state index < -0.39 is 15.8 Å². The fraction of sp³-hybridized carbons (Fsp3) is 0.409. The molecule has 2 rings (SSSR count). The van der Waals surface area contributed by atoms with E-state index in [4.69, 9.17) is 0 Å². The lowest BCUT2D eigenvalue weighted by Gasteiger charge is -2.23. The topological polar surface area (TPSA) is 66.5 Å². The highest BCUT2D eigenvalue weighted by molar-refractivity contribution is 7.92. The molecular formula is C22H29FN2O3S. The van der Waals surface area contributed by atoms with E-state index in [1.54, 1.807) is 0 Å². The molecule has 0 bridgehead atoms. The van der Waals surface area contributed by atoms with Crippen LogP contribution in [0.2, 0.25) is 0 Å². The van der Waals surface area contributed by atoms with E-state index in [1.165, 1.54) is 39.7 Å². The molecule has 0 aliphatic rings. The first-order valence-corrected chi connectivity index (χ1v) is 11.4. The van der Waals surface area contributed by atoms with Crippen molar-refractivity contribution in [3.8, 4) is 0 Å². The van der Waals surface area contributed by atoms with Crippen molar-refractivity contribution in [2.24, 2.45) is 0 Å². The van der Waals surface area contributed by atoms with E-state index in [1.807, 2.05) is 20.8 Å². The van der Waals surface area contributed by atoms with Crippen LogP contribution in [-0.2, 0) is 14.8 Å². The average Bonchev–Trinajstić information content (AvgIpc) is 2.61. The van der Waals surface area contributed by atoms with Gasteiger partial charge in [0, 0.05) is 13.0 Å². The number of aryl methyl sites for hydroxylation is 3. The van der Waals surface area contributed by atoms with Gasteiger partial charge in [-0.3, -0.25) is 9.10 Å². The van der Waals surface area contributed by atoms with Crippen LogP contribution in [-0.4, -0.2) is 27.1 Å². The summed E-state index contributed by atoms with van der Waals surface area (Å²) in [7, 11) is -3.53. The van der Waals surface area contributed by atoms with E-state index in [2.05, 4.69) is 24.4 Å². The average molecular weight is 421 g/mol. The molecule has 0 radical (unpaired) electrons. The number of anilines is 1. The Kier molecular flexibility index (Phi) is 7.41. The number of benzene rings is 2. The van der Waals surface area contributed by atoms with Crippen molar-refractivity contribution < 1.29 is 17.6 Å². The van der Waals surface area contributed by atoms with Crippen molar-refractivity contribution in [2.45, 2.75) is 46.6 Å². The first-order chi connectivity index (χ1) is 13.5. The molecule has 158 valence electrons. The van der Waals surface area contributed by atoms with Crippen molar-refractivity contribution in [1.82, 2.24) is 5.32 Å². The maximum absolute atomic E-state index is 13.1. The van der Waals surface area contributed by atoms with Gasteiger partial charge in [-0.25, -0.2) is 12.8 Å². The Balaban J connectivity index is 1.97. The Hall–Kier alpha value is -2.41. The van der Waals surface area contributed by atoms with Gasteiger partial charge in [-0.05, 0) is 80.6 Å². The number of nitrogens with one attached hydrogen (secondary N) is 1. The maximum atomic E-state index is 13.1. The van der Waals surface area contributed by atoms with Gasteiger partial charge < -0.3 is 5.32 Å². The highest BCUT2D eigenvalue weighted by Crippen LogP contribution is 2.22. The lowest BCUT2D eigenvalue weighted by Crippen LogP contribution is -2.32. The molecular weight excluding hydrogens is 391 g/mol. The molecule has 0 spiro atoms. The summed E-state index contributed by atoms with van der Waals surface area (Å²) in [6, 6.07) is 9.34. The van der Waals surface area contributed by atoms with Crippen LogP contribution in [0.4, 0.5) is 10.1 Å². The van der Waals surface area contributed by atoms with Crippen LogP contribution >= 0.6 is 0 Å². The SMILES string of the molecule is Cc1cc(C)c([C@@H](C)NC(=O)CCCN(c2ccc(F)cc2)S(C)(=O)=O)cc1C. The number of amides is 1. The minimum absolute atomic E-state index is 0.134. The smallest absolute Gasteiger partial charge is 0.232 e. The summed E-state index contributed by atoms with van der Waals surface area (Å²) >= 11 is 0. The molecule has 0 saturated heterocycles. The summed E-state index contributed by atoms with van der Waals surface area (Å²) in [5.41, 5.74) is 4.97. The Morgan fingerprint density at radius 2 is 1.66 bits per heavy atom. The zero-order valence-electron chi connectivity index (χ0n) is 17.6. The molecule has 1 atom stereocenters. The summed E-state index contributed by atoms with van der Waals surface area (Å²) in [4.78, 5) is 12.4. The van der Waals surface area contributed by atoms with Gasteiger partial charge in [0.1, 0.15) is 5.82 Å². The molecule has 0 heterocycles. The summed E-state index contributed by atoms with van der Waals surface area (Å²) in [6.45, 7) is 8.22. The number of sulfonamides is 1. The predicted octanol–water partition coefficient (Wildman–Crippen LogP) is 4.17. The maximum Gasteiger partial charge on any atom is 0.232 e. The fourth-order valence-corrected chi connectivity index (χ4v) is 4.28. The molecule has 1 amide bonds. The first kappa shape index (κ1) is 22.9. The van der Waals surface area contributed by atoms with E-state index in [9.17, 15) is 17.6 Å². The molecule has 0 aliphatic carbocycles. The predicted molar refractivity (Wildman–Crippen MR) is 115 cm³/mol. The summed E-state index contributed by atoms with van der Waals surface area (Å²) < 4.78 is 38.5. The molecule has 7 heteroatoms. The van der Waals surface area contributed by atoms with Crippen LogP contribution < -0.4 is 9.62 Å². The summed E-state index contributed by atoms with van der Waals surface area (Å²) in [5.74, 6) is -0.570. The highest BCUT2D eigenvalue weighted by Gasteiger charge is 2.18. The summed E-state index contributed by atoms with van der Waals surface area (Å²) in [5, 5.41) is 2.99. The first-order valence-electron chi connectivity index (χ1n) is 9.59. The largest absolute Gasteiger partial charge is 0.350 e. The summed E-state index contributed by atoms with van der Waals surface area (Å²) in [6.07, 6.45) is 1.65. The molecule has 0 aliphatic heterocycles. The lowest BCUT2D eigenvalue weighted by molar-refractivity contribution is -0.121. The zero-order valence-corrected chi connectivity index (χ0v) is 18.4. The van der Waals surface area contributed by atoms with E-state index in [-0.39, 0.29) is 24.9 Å². The molecule has 5 nitrogen and oxygen atoms in total. The van der Waals surface area contributed by atoms with E-state index >= 15 is 0 Å². The molecule has 0 unspecified atom stereocenters. The highest BCUT2D eigenvalue weighted by atomic mass is 32.2. The lowest BCUT2D eigenvalue weighted by atomic mass is 9.96. The minimum Gasteiger partial charge on any atom is -0.350 e. The second kappa shape index (κ2) is 9.39. The number of halogens is 1. The Bertz CT molecular complexity index is 972. The van der Waals surface area contributed by atoms with Gasteiger partial charge in [-0.1, -0.05) is 12.1 Å². The molecule has 0 saturated carbocycles. The monoisotopic (exact) mass is 420 g/mol. The van der Waals surface area contributed by atoms with Crippen molar-refractivity contribution in [2.75, 3.05) is 17.1 Å². The zero-order chi connectivity index (χ0) is 21.8. The third-order valence-electron chi connectivity index (χ3n) is 5.01. The van der Waals surface area contributed by atoms with E-state index in [0.717, 1.165) is 17.4 Å². The third kappa shape index (κ3) is 6.29. The number of rotatable bonds is 8. The van der Waals surface area contributed by atoms with Crippen LogP contribution in [0.15, 0.2) is 36.4 Å². The number of carbonyl (C=O) groups excluding carboxylic acids is 1. The van der Waals surface area contributed by atoms with Crippen LogP contribution in [0, 0.1) is 26.6 Å². The Morgan fingerprint density at radius 3 is 2.24 bits per heavy atom. The van der Waals surface area contributed by atoms with Gasteiger partial charge in [0.25, 0.3) is 0 Å². The van der Waals surface area contributed by atoms with Gasteiger partial charge in [0.05, 0.1) is 18.0 Å². The number of hydrogen-bond donors (Lipinski definition) is 1. The standard InChI is InChI=1S/C22H29FN2O3S/c1-15-13-17(3)21(14-16(15)2)18(4)24-22(26)7-6-12-25(29(5,27)28)20-10-8-19(23)9-11-20/h8-11,13-14,18H,6-7,12H2,1-5H3,(H,24,26)/t18-/m1/s1. The quantitative estimate of drug-likeness (QED) is 0.697. The molecule has 0 aromatic heterocycles. The van der Waals surface area contributed by atoms with Gasteiger partial charge in [0.15, 0.2) is 0 Å². The van der Waals surface area contributed by atoms with Crippen molar-refractivity contribution >= 4 is 21.6 Å². The minimum atomic E-state index is -3.53. The van der Waals surface area contributed by atoms with Gasteiger partial charge in [-0.15, -0.1) is 0 Å². The van der Waals surface area contributed by atoms with Gasteiger partial charge >= 0.3 is 0 Å². The second-order valence-electron chi connectivity index (χ2n) is 7.50. The van der Waals surface area contributed by atoms with Crippen LogP contribution in [0.3, 0.4) is 0 Å². The van der Waals surface area contributed by atoms with Crippen LogP contribution in [0.1, 0.15) is 48.1 Å². The Labute approximate surface area is 173 Å². The van der Waals surface area contributed by atoms with Crippen molar-refractivity contribution in [3.63, 3.8) is 0 Å². The van der Waals surface area contributed by atoms with E-state index in [0.29, 0.717) is 12.1 Å². The van der Waals surface area contributed by atoms with Crippen LogP contribution in [0.25, 0.3) is 0 Å². The van der Waals surface area contributed by atoms with Crippen LogP contribution in [0.5, 0.6) is 0 Å². The van der Waals surface area contributed by atoms with Gasteiger partial charge in [-0.2, -0.15) is 0 Å². The molecule has 2 aromatic rings. The fourth-order valence-electron chi connectivity index (χ4n) is 3.32. The number of carbonyl (C=O) groups is 1. The molecule has 0 fully saturated rings. The third-order valence-corrected chi connectivity index (χ3v) is 6.20. The molecule has 1 N–H and O–H groups in total.